The maximum absolute atomic E-state index is 11.0. The lowest BCUT2D eigenvalue weighted by Crippen LogP contribution is -2.40. The Morgan fingerprint density at radius 3 is 2.77 bits per heavy atom. The van der Waals surface area contributed by atoms with Crippen LogP contribution in [-0.2, 0) is 10.2 Å². The van der Waals surface area contributed by atoms with Gasteiger partial charge in [0, 0.05) is 31.9 Å². The molecule has 0 atom stereocenters. The first-order valence-electron chi connectivity index (χ1n) is 8.39. The fraction of sp³-hybridized carbons (Fsp3) is 0.375. The van der Waals surface area contributed by atoms with Crippen LogP contribution in [0, 0.1) is 5.92 Å². The maximum Gasteiger partial charge on any atom is 0.274 e. The van der Waals surface area contributed by atoms with E-state index in [9.17, 15) is 8.42 Å². The zero-order valence-electron chi connectivity index (χ0n) is 14.1. The van der Waals surface area contributed by atoms with Gasteiger partial charge >= 0.3 is 0 Å². The molecule has 0 amide bonds. The number of hydrogen-bond acceptors (Lipinski definition) is 6. The van der Waals surface area contributed by atoms with Gasteiger partial charge < -0.3 is 9.32 Å². The second-order valence-electron chi connectivity index (χ2n) is 6.40. The van der Waals surface area contributed by atoms with Crippen LogP contribution < -0.4 is 14.8 Å². The molecule has 0 aromatic carbocycles. The fourth-order valence-electron chi connectivity index (χ4n) is 3.36. The number of piperidine rings is 1. The number of furan rings is 1. The molecule has 0 unspecified atom stereocenters. The highest BCUT2D eigenvalue weighted by Gasteiger charge is 2.23. The molecular weight excluding hydrogens is 356 g/mol. The molecule has 1 saturated heterocycles. The van der Waals surface area contributed by atoms with Gasteiger partial charge in [-0.2, -0.15) is 8.42 Å². The second-order valence-corrected chi connectivity index (χ2v) is 7.77. The molecular formula is C16H20N6O3S. The zero-order valence-corrected chi connectivity index (χ0v) is 14.9. The fourth-order valence-corrected chi connectivity index (χ4v) is 3.83. The Kier molecular flexibility index (Phi) is 4.39. The van der Waals surface area contributed by atoms with E-state index in [4.69, 9.17) is 9.56 Å². The van der Waals surface area contributed by atoms with Crippen molar-refractivity contribution in [2.24, 2.45) is 11.1 Å². The minimum atomic E-state index is -3.63. The van der Waals surface area contributed by atoms with Gasteiger partial charge in [0.15, 0.2) is 5.65 Å². The first-order chi connectivity index (χ1) is 12.5. The van der Waals surface area contributed by atoms with Crippen LogP contribution in [0.15, 0.2) is 41.4 Å². The highest BCUT2D eigenvalue weighted by atomic mass is 32.2. The summed E-state index contributed by atoms with van der Waals surface area (Å²) < 4.78 is 31.8. The van der Waals surface area contributed by atoms with E-state index in [1.807, 2.05) is 29.0 Å². The molecule has 0 aliphatic carbocycles. The Bertz CT molecular complexity index is 990. The Labute approximate surface area is 151 Å². The van der Waals surface area contributed by atoms with Crippen molar-refractivity contribution in [2.75, 3.05) is 24.5 Å². The lowest BCUT2D eigenvalue weighted by Gasteiger charge is -2.33. The average Bonchev–Trinajstić information content (AvgIpc) is 3.28. The molecule has 0 saturated carbocycles. The van der Waals surface area contributed by atoms with Gasteiger partial charge in [0.2, 0.25) is 5.88 Å². The number of hydrogen-bond donors (Lipinski definition) is 2. The van der Waals surface area contributed by atoms with Crippen molar-refractivity contribution in [3.05, 3.63) is 37.0 Å². The maximum atomic E-state index is 11.0. The number of nitrogens with two attached hydrogens (primary N) is 1. The van der Waals surface area contributed by atoms with Crippen LogP contribution in [0.2, 0.25) is 0 Å². The molecule has 4 heterocycles. The number of nitrogens with zero attached hydrogens (tertiary/aromatic N) is 4. The van der Waals surface area contributed by atoms with E-state index in [1.54, 1.807) is 12.6 Å². The lowest BCUT2D eigenvalue weighted by atomic mass is 9.97. The van der Waals surface area contributed by atoms with Crippen molar-refractivity contribution in [1.29, 1.82) is 0 Å². The van der Waals surface area contributed by atoms with Crippen molar-refractivity contribution in [3.63, 3.8) is 0 Å². The standard InChI is InChI=1S/C16H20N6O3S/c17-26(23,24)20-10-12-3-6-21(7-4-12)15-13-5-8-22(14-2-1-9-25-14)16(13)19-11-18-15/h1-2,5,8-9,11-12,20H,3-4,6-7,10H2,(H2,17,23,24). The monoisotopic (exact) mass is 376 g/mol. The van der Waals surface area contributed by atoms with Crippen LogP contribution in [0.4, 0.5) is 5.82 Å². The Morgan fingerprint density at radius 1 is 1.27 bits per heavy atom. The van der Waals surface area contributed by atoms with Crippen molar-refractivity contribution in [2.45, 2.75) is 12.8 Å². The topological polar surface area (TPSA) is 119 Å². The number of aromatic nitrogens is 3. The van der Waals surface area contributed by atoms with Crippen LogP contribution in [0.3, 0.4) is 0 Å². The Balaban J connectivity index is 1.52. The zero-order chi connectivity index (χ0) is 18.1. The molecule has 3 aromatic rings. The summed E-state index contributed by atoms with van der Waals surface area (Å²) in [7, 11) is -3.63. The third kappa shape index (κ3) is 3.43. The average molecular weight is 376 g/mol. The highest BCUT2D eigenvalue weighted by molar-refractivity contribution is 7.87. The molecule has 0 spiro atoms. The van der Waals surface area contributed by atoms with E-state index < -0.39 is 10.2 Å². The SMILES string of the molecule is NS(=O)(=O)NCC1CCN(c2ncnc3c2ccn3-c2ccco2)CC1. The predicted molar refractivity (Wildman–Crippen MR) is 97.2 cm³/mol. The minimum Gasteiger partial charge on any atom is -0.448 e. The molecule has 1 aliphatic rings. The number of nitrogens with one attached hydrogen (secondary N) is 1. The Hall–Kier alpha value is -2.43. The summed E-state index contributed by atoms with van der Waals surface area (Å²) in [6.45, 7) is 1.98. The summed E-state index contributed by atoms with van der Waals surface area (Å²) in [5, 5.41) is 5.96. The van der Waals surface area contributed by atoms with Crippen LogP contribution in [0.25, 0.3) is 16.9 Å². The molecule has 9 nitrogen and oxygen atoms in total. The summed E-state index contributed by atoms with van der Waals surface area (Å²) in [5.74, 6) is 1.87. The van der Waals surface area contributed by atoms with Gasteiger partial charge in [-0.1, -0.05) is 0 Å². The van der Waals surface area contributed by atoms with Crippen LogP contribution in [0.1, 0.15) is 12.8 Å². The molecule has 138 valence electrons. The largest absolute Gasteiger partial charge is 0.448 e. The molecule has 3 aromatic heterocycles. The normalized spacial score (nSPS) is 16.4. The summed E-state index contributed by atoms with van der Waals surface area (Å²) in [4.78, 5) is 11.1. The molecule has 26 heavy (non-hydrogen) atoms. The van der Waals surface area contributed by atoms with Crippen molar-refractivity contribution in [3.8, 4) is 5.88 Å². The summed E-state index contributed by atoms with van der Waals surface area (Å²) in [6, 6.07) is 5.71. The van der Waals surface area contributed by atoms with Crippen molar-refractivity contribution < 1.29 is 12.8 Å². The van der Waals surface area contributed by atoms with E-state index in [2.05, 4.69) is 19.6 Å². The Morgan fingerprint density at radius 2 is 2.08 bits per heavy atom. The molecule has 4 rings (SSSR count). The quantitative estimate of drug-likeness (QED) is 0.686. The summed E-state index contributed by atoms with van der Waals surface area (Å²) in [6.07, 6.45) is 6.85. The van der Waals surface area contributed by atoms with Gasteiger partial charge in [-0.3, -0.25) is 4.57 Å². The summed E-state index contributed by atoms with van der Waals surface area (Å²) >= 11 is 0. The van der Waals surface area contributed by atoms with Gasteiger partial charge in [0.05, 0.1) is 11.6 Å². The van der Waals surface area contributed by atoms with E-state index in [-0.39, 0.29) is 5.92 Å². The third-order valence-electron chi connectivity index (χ3n) is 4.69. The predicted octanol–water partition coefficient (Wildman–Crippen LogP) is 1.02. The van der Waals surface area contributed by atoms with Crippen LogP contribution in [-0.4, -0.2) is 42.6 Å². The van der Waals surface area contributed by atoms with Crippen LogP contribution in [0.5, 0.6) is 0 Å². The molecule has 1 fully saturated rings. The molecule has 10 heteroatoms. The molecule has 0 radical (unpaired) electrons. The van der Waals surface area contributed by atoms with Gasteiger partial charge in [-0.15, -0.1) is 0 Å². The minimum absolute atomic E-state index is 0.273. The van der Waals surface area contributed by atoms with Gasteiger partial charge in [0.25, 0.3) is 10.2 Å². The van der Waals surface area contributed by atoms with Crippen molar-refractivity contribution >= 4 is 27.1 Å². The second kappa shape index (κ2) is 6.71. The summed E-state index contributed by atoms with van der Waals surface area (Å²) in [5.41, 5.74) is 0.794. The third-order valence-corrected chi connectivity index (χ3v) is 5.26. The first kappa shape index (κ1) is 17.0. The van der Waals surface area contributed by atoms with Crippen LogP contribution >= 0.6 is 0 Å². The van der Waals surface area contributed by atoms with E-state index in [0.29, 0.717) is 12.4 Å². The molecule has 0 bridgehead atoms. The number of anilines is 1. The first-order valence-corrected chi connectivity index (χ1v) is 9.94. The van der Waals surface area contributed by atoms with E-state index in [0.717, 1.165) is 42.8 Å². The number of rotatable bonds is 5. The van der Waals surface area contributed by atoms with Crippen molar-refractivity contribution in [1.82, 2.24) is 19.3 Å². The van der Waals surface area contributed by atoms with Gasteiger partial charge in [-0.05, 0) is 30.9 Å². The van der Waals surface area contributed by atoms with Gasteiger partial charge in [-0.25, -0.2) is 19.8 Å². The number of fused-ring (bicyclic) bond motifs is 1. The molecule has 1 aliphatic heterocycles. The molecule has 3 N–H and O–H groups in total. The lowest BCUT2D eigenvalue weighted by molar-refractivity contribution is 0.401. The van der Waals surface area contributed by atoms with E-state index in [1.165, 1.54) is 0 Å². The smallest absolute Gasteiger partial charge is 0.274 e. The van der Waals surface area contributed by atoms with E-state index >= 15 is 0 Å². The van der Waals surface area contributed by atoms with Gasteiger partial charge in [0.1, 0.15) is 12.1 Å². The highest BCUT2D eigenvalue weighted by Crippen LogP contribution is 2.29.